The summed E-state index contributed by atoms with van der Waals surface area (Å²) in [6, 6.07) is 0. The molecule has 56 valence electrons. The molecule has 0 bridgehead atoms. The topological polar surface area (TPSA) is 135 Å². The minimum atomic E-state index is -4.64. The number of hydrogen-bond donors (Lipinski definition) is 5. The molecule has 0 aliphatic heterocycles. The van der Waals surface area contributed by atoms with Crippen LogP contribution in [0.15, 0.2) is 0 Å². The molecule has 0 aromatic rings. The van der Waals surface area contributed by atoms with Crippen molar-refractivity contribution in [2.24, 2.45) is 0 Å². The van der Waals surface area contributed by atoms with Gasteiger partial charge in [-0.3, -0.25) is 0 Å². The first-order chi connectivity index (χ1) is 3.73. The van der Waals surface area contributed by atoms with Crippen molar-refractivity contribution < 1.29 is 51.1 Å². The van der Waals surface area contributed by atoms with Crippen LogP contribution < -0.4 is 0 Å². The maximum atomic E-state index is 8.88. The van der Waals surface area contributed by atoms with Gasteiger partial charge in [-0.25, -0.2) is 4.57 Å². The van der Waals surface area contributed by atoms with E-state index in [4.69, 9.17) is 28.4 Å². The zero-order valence-electron chi connectivity index (χ0n) is 4.00. The average Bonchev–Trinajstić information content (AvgIpc) is 1.19. The molecule has 9 heavy (non-hydrogen) atoms. The van der Waals surface area contributed by atoms with Gasteiger partial charge in [0.15, 0.2) is 0 Å². The van der Waals surface area contributed by atoms with Crippen molar-refractivity contribution in [2.45, 2.75) is 0 Å². The van der Waals surface area contributed by atoms with Crippen molar-refractivity contribution in [2.75, 3.05) is 0 Å². The van der Waals surface area contributed by atoms with Crippen LogP contribution in [0.5, 0.6) is 0 Å². The summed E-state index contributed by atoms with van der Waals surface area (Å²) in [5.41, 5.74) is 0. The van der Waals surface area contributed by atoms with Crippen LogP contribution in [0.25, 0.3) is 0 Å². The maximum absolute atomic E-state index is 8.88. The third kappa shape index (κ3) is 772. The van der Waals surface area contributed by atoms with Crippen LogP contribution in [0.1, 0.15) is 0 Å². The summed E-state index contributed by atoms with van der Waals surface area (Å²) in [7, 11) is -4.64. The van der Waals surface area contributed by atoms with Gasteiger partial charge in [-0.05, 0) is 0 Å². The summed E-state index contributed by atoms with van der Waals surface area (Å²) < 4.78 is 32.2. The zero-order chi connectivity index (χ0) is 8.08. The molecule has 7 nitrogen and oxygen atoms in total. The predicted molar refractivity (Wildman–Crippen MR) is 19.4 cm³/mol. The van der Waals surface area contributed by atoms with Gasteiger partial charge in [-0.2, -0.15) is 0 Å². The van der Waals surface area contributed by atoms with Crippen molar-refractivity contribution in [1.29, 1.82) is 0 Å². The minimum absolute atomic E-state index is 3.79. The van der Waals surface area contributed by atoms with E-state index in [2.05, 4.69) is 0 Å². The Kier molecular flexibility index (Phi) is 7.57. The molecule has 0 spiro atoms. The molecular weight excluding hydrogens is 234 g/mol. The standard InChI is InChI=1S/H3O4P.2H2O.O.Zr/c1-5(2,3)4;;;;/h(H3,1,2,3,4);2*1H2;;/q;;;;+2/p-2. The molecule has 0 unspecified atom stereocenters. The van der Waals surface area contributed by atoms with Crippen LogP contribution in [0, 0.1) is 0 Å². The van der Waals surface area contributed by atoms with Crippen molar-refractivity contribution in [3.05, 3.63) is 0 Å². The third-order valence-electron chi connectivity index (χ3n) is 0. The molecule has 0 aliphatic rings. The van der Waals surface area contributed by atoms with E-state index in [9.17, 15) is 0 Å². The molecule has 9 heteroatoms. The molecule has 0 fully saturated rings. The van der Waals surface area contributed by atoms with Crippen LogP contribution in [0.2, 0.25) is 0 Å². The second kappa shape index (κ2) is 5.49. The molecule has 0 aromatic carbocycles. The molecule has 0 radical (unpaired) electrons. The van der Waals surface area contributed by atoms with Crippen molar-refractivity contribution in [3.63, 3.8) is 0 Å². The van der Waals surface area contributed by atoms with E-state index >= 15 is 0 Å². The first kappa shape index (κ1) is 12.4. The monoisotopic (exact) mass is 238 g/mol. The number of rotatable bonds is 0. The normalized spacial score (nSPS) is 9.44. The number of phosphoric acid groups is 1. The summed E-state index contributed by atoms with van der Waals surface area (Å²) in [4.78, 5) is 21.6. The summed E-state index contributed by atoms with van der Waals surface area (Å²) in [5, 5.41) is 0. The van der Waals surface area contributed by atoms with Gasteiger partial charge in [-0.1, -0.05) is 0 Å². The molecule has 0 amide bonds. The van der Waals surface area contributed by atoms with Crippen molar-refractivity contribution >= 4 is 7.82 Å². The van der Waals surface area contributed by atoms with E-state index in [1.165, 1.54) is 0 Å². The Morgan fingerprint density at radius 2 is 1.11 bits per heavy atom. The van der Waals surface area contributed by atoms with E-state index in [1.54, 1.807) is 0 Å². The van der Waals surface area contributed by atoms with Gasteiger partial charge in [0.2, 0.25) is 0 Å². The van der Waals surface area contributed by atoms with E-state index in [-0.39, 0.29) is 0 Å². The molecule has 0 saturated heterocycles. The molecule has 0 aromatic heterocycles. The van der Waals surface area contributed by atoms with E-state index < -0.39 is 30.5 Å². The van der Waals surface area contributed by atoms with Gasteiger partial charge in [-0.15, -0.1) is 0 Å². The number of hydrogen-bond acceptors (Lipinski definition) is 2. The average molecular weight is 239 g/mol. The Bertz CT molecular complexity index is 109. The first-order valence-electron chi connectivity index (χ1n) is 1.43. The summed E-state index contributed by atoms with van der Waals surface area (Å²) in [5.74, 6) is 0. The van der Waals surface area contributed by atoms with Crippen LogP contribution in [0.4, 0.5) is 0 Å². The first-order valence-corrected chi connectivity index (χ1v) is 6.20. The van der Waals surface area contributed by atoms with Gasteiger partial charge in [0, 0.05) is 0 Å². The fourth-order valence-electron chi connectivity index (χ4n) is 0. The van der Waals surface area contributed by atoms with E-state index in [0.29, 0.717) is 0 Å². The third-order valence-corrected chi connectivity index (χ3v) is 0. The zero-order valence-corrected chi connectivity index (χ0v) is 7.35. The van der Waals surface area contributed by atoms with E-state index in [1.807, 2.05) is 0 Å². The molecule has 0 rings (SSSR count). The Balaban J connectivity index is 0. The van der Waals surface area contributed by atoms with E-state index in [0.717, 1.165) is 0 Å². The SMILES string of the molecule is O=P(O)(O)O.[O]=[Zr]([OH])[OH]. The second-order valence-corrected chi connectivity index (χ2v) is 3.21. The van der Waals surface area contributed by atoms with Crippen LogP contribution >= 0.6 is 7.82 Å². The van der Waals surface area contributed by atoms with Crippen molar-refractivity contribution in [1.82, 2.24) is 0 Å². The molecule has 0 heterocycles. The second-order valence-electron chi connectivity index (χ2n) is 0.796. The Labute approximate surface area is 59.2 Å². The van der Waals surface area contributed by atoms with Crippen LogP contribution in [0.3, 0.4) is 0 Å². The van der Waals surface area contributed by atoms with Crippen LogP contribution in [-0.2, 0) is 30.0 Å². The van der Waals surface area contributed by atoms with Gasteiger partial charge in [0.1, 0.15) is 0 Å². The van der Waals surface area contributed by atoms with Crippen molar-refractivity contribution in [3.8, 4) is 0 Å². The Morgan fingerprint density at radius 3 is 1.11 bits per heavy atom. The quantitative estimate of drug-likeness (QED) is 0.304. The Morgan fingerprint density at radius 1 is 1.11 bits per heavy atom. The Hall–Kier alpha value is 0.713. The fourth-order valence-corrected chi connectivity index (χ4v) is 0. The molecular formula is H5O7PZr. The van der Waals surface area contributed by atoms with Gasteiger partial charge in [0.25, 0.3) is 0 Å². The summed E-state index contributed by atoms with van der Waals surface area (Å²) >= 11 is -3.79. The van der Waals surface area contributed by atoms with Gasteiger partial charge >= 0.3 is 39.6 Å². The van der Waals surface area contributed by atoms with Gasteiger partial charge in [0.05, 0.1) is 0 Å². The molecule has 0 atom stereocenters. The summed E-state index contributed by atoms with van der Waals surface area (Å²) in [6.07, 6.45) is 0. The molecule has 0 saturated carbocycles. The molecule has 5 N–H and O–H groups in total. The fraction of sp³-hybridized carbons (Fsp3) is 0. The molecule has 0 aliphatic carbocycles. The summed E-state index contributed by atoms with van der Waals surface area (Å²) in [6.45, 7) is 0. The van der Waals surface area contributed by atoms with Gasteiger partial charge < -0.3 is 14.7 Å². The van der Waals surface area contributed by atoms with Crippen LogP contribution in [-0.4, -0.2) is 21.0 Å². The predicted octanol–water partition coefficient (Wildman–Crippen LogP) is -2.16.